The van der Waals surface area contributed by atoms with E-state index in [2.05, 4.69) is 21.5 Å². The Morgan fingerprint density at radius 2 is 1.84 bits per heavy atom. The third kappa shape index (κ3) is 4.53. The second-order valence-electron chi connectivity index (χ2n) is 11.0. The first-order valence-corrected chi connectivity index (χ1v) is 14.8. The zero-order valence-corrected chi connectivity index (χ0v) is 24.3. The van der Waals surface area contributed by atoms with Crippen molar-refractivity contribution in [2.75, 3.05) is 23.7 Å². The van der Waals surface area contributed by atoms with Crippen LogP contribution >= 0.6 is 11.8 Å². The van der Waals surface area contributed by atoms with Crippen LogP contribution in [0.4, 0.5) is 23.4 Å². The highest BCUT2D eigenvalue weighted by Crippen LogP contribution is 2.51. The average molecular weight is 617 g/mol. The minimum atomic E-state index is -4.85. The first kappa shape index (κ1) is 29.0. The Morgan fingerprint density at radius 1 is 1.16 bits per heavy atom. The number of aromatic amines is 2. The molecular formula is C29H28F4N6O3S. The van der Waals surface area contributed by atoms with E-state index in [4.69, 9.17) is 0 Å². The lowest BCUT2D eigenvalue weighted by molar-refractivity contribution is -0.137. The van der Waals surface area contributed by atoms with E-state index in [1.165, 1.54) is 28.5 Å². The van der Waals surface area contributed by atoms with Gasteiger partial charge in [0.05, 0.1) is 16.6 Å². The molecule has 14 heteroatoms. The number of piperazine rings is 1. The van der Waals surface area contributed by atoms with E-state index in [1.54, 1.807) is 9.80 Å². The molecule has 0 radical (unpaired) electrons. The van der Waals surface area contributed by atoms with Gasteiger partial charge in [-0.25, -0.2) is 14.0 Å². The SMILES string of the molecule is C=CC(=O)N1[C@H](C)CN(c2nc(=O)n3c4c(c(-c5ccc(F)c6[nH]c(=O)[nH]c56)c(C(F)(F)F)cc24)SC[C@@H]3CC)C[C@@H]1C. The van der Waals surface area contributed by atoms with Crippen molar-refractivity contribution in [3.05, 3.63) is 63.2 Å². The van der Waals surface area contributed by atoms with Gasteiger partial charge in [-0.15, -0.1) is 11.8 Å². The molecule has 0 spiro atoms. The highest BCUT2D eigenvalue weighted by molar-refractivity contribution is 7.99. The van der Waals surface area contributed by atoms with Crippen molar-refractivity contribution >= 4 is 45.4 Å². The van der Waals surface area contributed by atoms with Crippen molar-refractivity contribution in [2.45, 2.75) is 56.4 Å². The van der Waals surface area contributed by atoms with Gasteiger partial charge < -0.3 is 19.8 Å². The number of hydrogen-bond donors (Lipinski definition) is 2. The quantitative estimate of drug-likeness (QED) is 0.245. The molecule has 2 aromatic carbocycles. The molecule has 4 heterocycles. The van der Waals surface area contributed by atoms with Crippen molar-refractivity contribution in [1.29, 1.82) is 0 Å². The van der Waals surface area contributed by atoms with E-state index in [0.29, 0.717) is 17.7 Å². The molecule has 4 aromatic rings. The van der Waals surface area contributed by atoms with E-state index >= 15 is 0 Å². The third-order valence-electron chi connectivity index (χ3n) is 8.26. The number of carbonyl (C=O) groups is 1. The van der Waals surface area contributed by atoms with Crippen LogP contribution in [0.15, 0.2) is 45.3 Å². The number of hydrogen-bond acceptors (Lipinski definition) is 6. The molecule has 0 aliphatic carbocycles. The molecule has 1 saturated heterocycles. The summed E-state index contributed by atoms with van der Waals surface area (Å²) in [7, 11) is 0. The third-order valence-corrected chi connectivity index (χ3v) is 9.49. The second kappa shape index (κ2) is 10.3. The van der Waals surface area contributed by atoms with Crippen LogP contribution in [0.1, 0.15) is 38.8 Å². The molecule has 1 fully saturated rings. The van der Waals surface area contributed by atoms with Gasteiger partial charge in [-0.1, -0.05) is 13.5 Å². The minimum absolute atomic E-state index is 0.0161. The standard InChI is InChI=1S/C29H28F4N6O3S/c1-5-15-12-43-25-21(16-7-8-19(30)23-22(16)34-27(41)35-23)18(29(31,32)33)9-17-24(25)39(15)28(42)36-26(17)37-10-13(3)38(14(4)11-37)20(40)6-2/h6-9,13-15H,2,5,10-12H2,1,3-4H3,(H2,34,35,41)/t13-,14+,15-/m0/s1. The first-order valence-electron chi connectivity index (χ1n) is 13.8. The number of nitrogens with one attached hydrogen (secondary N) is 2. The molecule has 2 aromatic heterocycles. The summed E-state index contributed by atoms with van der Waals surface area (Å²) in [4.78, 5) is 51.0. The van der Waals surface area contributed by atoms with Gasteiger partial charge in [0.1, 0.15) is 17.2 Å². The lowest BCUT2D eigenvalue weighted by atomic mass is 9.94. The maximum atomic E-state index is 15.0. The Hall–Kier alpha value is -4.07. The monoisotopic (exact) mass is 616 g/mol. The minimum Gasteiger partial charge on any atom is -0.352 e. The molecular weight excluding hydrogens is 588 g/mol. The van der Waals surface area contributed by atoms with Crippen LogP contribution in [0.3, 0.4) is 0 Å². The molecule has 2 aliphatic heterocycles. The van der Waals surface area contributed by atoms with Gasteiger partial charge in [-0.05, 0) is 44.5 Å². The smallest absolute Gasteiger partial charge is 0.352 e. The Balaban J connectivity index is 1.69. The van der Waals surface area contributed by atoms with Gasteiger partial charge in [0.25, 0.3) is 0 Å². The average Bonchev–Trinajstić information content (AvgIpc) is 3.35. The number of rotatable bonds is 4. The fraction of sp³-hybridized carbons (Fsp3) is 0.379. The van der Waals surface area contributed by atoms with Crippen molar-refractivity contribution < 1.29 is 22.4 Å². The number of benzene rings is 2. The lowest BCUT2D eigenvalue weighted by Gasteiger charge is -2.45. The van der Waals surface area contributed by atoms with Gasteiger partial charge in [0.15, 0.2) is 0 Å². The number of aromatic nitrogens is 4. The molecule has 9 nitrogen and oxygen atoms in total. The summed E-state index contributed by atoms with van der Waals surface area (Å²) >= 11 is 1.19. The number of alkyl halides is 3. The summed E-state index contributed by atoms with van der Waals surface area (Å²) in [5, 5.41) is 0.153. The Kier molecular flexibility index (Phi) is 6.94. The molecule has 2 aliphatic rings. The van der Waals surface area contributed by atoms with Gasteiger partial charge in [0, 0.05) is 58.4 Å². The first-order chi connectivity index (χ1) is 20.3. The lowest BCUT2D eigenvalue weighted by Crippen LogP contribution is -2.58. The molecule has 1 amide bonds. The predicted octanol–water partition coefficient (Wildman–Crippen LogP) is 5.06. The van der Waals surface area contributed by atoms with E-state index in [9.17, 15) is 31.9 Å². The number of fused-ring (bicyclic) bond motifs is 1. The number of imidazole rings is 1. The van der Waals surface area contributed by atoms with Crippen LogP contribution in [0.5, 0.6) is 0 Å². The Labute approximate surface area is 246 Å². The number of amides is 1. The molecule has 2 N–H and O–H groups in total. The molecule has 6 rings (SSSR count). The van der Waals surface area contributed by atoms with E-state index in [0.717, 1.165) is 12.1 Å². The van der Waals surface area contributed by atoms with Gasteiger partial charge in [-0.2, -0.15) is 18.2 Å². The van der Waals surface area contributed by atoms with Crippen molar-refractivity contribution in [3.63, 3.8) is 0 Å². The molecule has 0 bridgehead atoms. The topological polar surface area (TPSA) is 107 Å². The van der Waals surface area contributed by atoms with E-state index in [1.807, 2.05) is 20.8 Å². The number of anilines is 1. The highest BCUT2D eigenvalue weighted by Gasteiger charge is 2.41. The number of thioether (sulfide) groups is 1. The van der Waals surface area contributed by atoms with Gasteiger partial charge in [-0.3, -0.25) is 9.36 Å². The van der Waals surface area contributed by atoms with Crippen molar-refractivity contribution in [3.8, 4) is 11.1 Å². The molecule has 3 atom stereocenters. The van der Waals surface area contributed by atoms with E-state index < -0.39 is 28.9 Å². The van der Waals surface area contributed by atoms with Crippen molar-refractivity contribution in [2.24, 2.45) is 0 Å². The summed E-state index contributed by atoms with van der Waals surface area (Å²) in [5.74, 6) is -0.627. The van der Waals surface area contributed by atoms with Crippen LogP contribution in [0.25, 0.3) is 33.1 Å². The number of carbonyl (C=O) groups excluding carboxylic acids is 1. The predicted molar refractivity (Wildman–Crippen MR) is 157 cm³/mol. The summed E-state index contributed by atoms with van der Waals surface area (Å²) < 4.78 is 60.9. The molecule has 43 heavy (non-hydrogen) atoms. The number of halogens is 4. The maximum absolute atomic E-state index is 15.0. The molecule has 226 valence electrons. The van der Waals surface area contributed by atoms with Crippen LogP contribution < -0.4 is 16.3 Å². The summed E-state index contributed by atoms with van der Waals surface area (Å²) in [6, 6.07) is 2.24. The highest BCUT2D eigenvalue weighted by atomic mass is 32.2. The van der Waals surface area contributed by atoms with E-state index in [-0.39, 0.29) is 75.4 Å². The van der Waals surface area contributed by atoms with Crippen LogP contribution in [-0.2, 0) is 11.0 Å². The largest absolute Gasteiger partial charge is 0.417 e. The molecule has 0 unspecified atom stereocenters. The Bertz CT molecular complexity index is 1920. The maximum Gasteiger partial charge on any atom is 0.417 e. The van der Waals surface area contributed by atoms with Gasteiger partial charge >= 0.3 is 17.6 Å². The Morgan fingerprint density at radius 3 is 2.47 bits per heavy atom. The van der Waals surface area contributed by atoms with Gasteiger partial charge in [0.2, 0.25) is 5.91 Å². The van der Waals surface area contributed by atoms with Crippen LogP contribution in [0, 0.1) is 5.82 Å². The fourth-order valence-corrected chi connectivity index (χ4v) is 7.91. The zero-order valence-electron chi connectivity index (χ0n) is 23.5. The fourth-order valence-electron chi connectivity index (χ4n) is 6.46. The zero-order chi connectivity index (χ0) is 31.0. The molecule has 0 saturated carbocycles. The number of H-pyrrole nitrogens is 2. The second-order valence-corrected chi connectivity index (χ2v) is 12.0. The summed E-state index contributed by atoms with van der Waals surface area (Å²) in [5.41, 5.74) is -2.64. The van der Waals surface area contributed by atoms with Crippen LogP contribution in [-0.4, -0.2) is 61.3 Å². The summed E-state index contributed by atoms with van der Waals surface area (Å²) in [6.45, 7) is 9.57. The normalized spacial score (nSPS) is 20.7. The number of nitrogens with zero attached hydrogens (tertiary/aromatic N) is 4. The summed E-state index contributed by atoms with van der Waals surface area (Å²) in [6.07, 6.45) is -3.09. The van der Waals surface area contributed by atoms with Crippen molar-refractivity contribution in [1.82, 2.24) is 24.4 Å². The van der Waals surface area contributed by atoms with Crippen LogP contribution in [0.2, 0.25) is 0 Å².